The van der Waals surface area contributed by atoms with Crippen LogP contribution in [0.25, 0.3) is 15.9 Å². The summed E-state index contributed by atoms with van der Waals surface area (Å²) in [5.41, 5.74) is 3.87. The quantitative estimate of drug-likeness (QED) is 0.337. The summed E-state index contributed by atoms with van der Waals surface area (Å²) in [7, 11) is 1.57. The van der Waals surface area contributed by atoms with Crippen molar-refractivity contribution in [2.45, 2.75) is 19.0 Å². The van der Waals surface area contributed by atoms with E-state index in [1.165, 1.54) is 23.1 Å². The minimum atomic E-state index is -0.204. The van der Waals surface area contributed by atoms with Crippen LogP contribution in [0.4, 0.5) is 5.69 Å². The van der Waals surface area contributed by atoms with Crippen LogP contribution in [0.1, 0.15) is 11.1 Å². The van der Waals surface area contributed by atoms with Gasteiger partial charge < -0.3 is 10.1 Å². The van der Waals surface area contributed by atoms with Crippen LogP contribution in [-0.2, 0) is 4.79 Å². The van der Waals surface area contributed by atoms with E-state index in [-0.39, 0.29) is 17.2 Å². The molecule has 158 valence electrons. The molecule has 0 fully saturated rings. The van der Waals surface area contributed by atoms with E-state index in [1.807, 2.05) is 67.8 Å². The molecule has 0 aliphatic heterocycles. The van der Waals surface area contributed by atoms with E-state index in [0.29, 0.717) is 26.8 Å². The zero-order chi connectivity index (χ0) is 22.0. The van der Waals surface area contributed by atoms with Gasteiger partial charge in [0, 0.05) is 0 Å². The summed E-state index contributed by atoms with van der Waals surface area (Å²) >= 11 is 2.60. The molecule has 0 saturated heterocycles. The van der Waals surface area contributed by atoms with Crippen LogP contribution in [0.15, 0.2) is 63.9 Å². The lowest BCUT2D eigenvalue weighted by Crippen LogP contribution is -2.22. The Morgan fingerprint density at radius 2 is 2.00 bits per heavy atom. The topological polar surface area (TPSA) is 73.2 Å². The number of anilines is 1. The number of aromatic nitrogens is 2. The third-order valence-corrected chi connectivity index (χ3v) is 6.60. The Hall–Kier alpha value is -3.10. The molecular formula is C23H21N3O3S2. The number of thiophene rings is 1. The van der Waals surface area contributed by atoms with Crippen molar-refractivity contribution in [1.82, 2.24) is 9.55 Å². The number of fused-ring (bicyclic) bond motifs is 1. The number of rotatable bonds is 6. The van der Waals surface area contributed by atoms with Gasteiger partial charge >= 0.3 is 0 Å². The number of aryl methyl sites for hydroxylation is 2. The number of para-hydroxylation sites is 1. The average Bonchev–Trinajstić information content (AvgIpc) is 3.22. The minimum absolute atomic E-state index is 0.102. The molecule has 0 atom stereocenters. The molecule has 2 aromatic heterocycles. The van der Waals surface area contributed by atoms with Crippen LogP contribution < -0.4 is 15.6 Å². The number of hydrogen-bond acceptors (Lipinski definition) is 6. The Bertz CT molecular complexity index is 1330. The van der Waals surface area contributed by atoms with Gasteiger partial charge in [0.25, 0.3) is 5.56 Å². The second kappa shape index (κ2) is 8.95. The zero-order valence-corrected chi connectivity index (χ0v) is 19.0. The predicted octanol–water partition coefficient (Wildman–Crippen LogP) is 4.80. The van der Waals surface area contributed by atoms with Crippen molar-refractivity contribution in [2.24, 2.45) is 0 Å². The highest BCUT2D eigenvalue weighted by Gasteiger charge is 2.17. The summed E-state index contributed by atoms with van der Waals surface area (Å²) in [6.07, 6.45) is 0. The van der Waals surface area contributed by atoms with Gasteiger partial charge in [-0.25, -0.2) is 4.98 Å². The van der Waals surface area contributed by atoms with Gasteiger partial charge in [-0.3, -0.25) is 14.2 Å². The molecule has 0 aliphatic rings. The van der Waals surface area contributed by atoms with Crippen LogP contribution in [-0.4, -0.2) is 28.3 Å². The first-order valence-corrected chi connectivity index (χ1v) is 11.5. The van der Waals surface area contributed by atoms with Gasteiger partial charge in [-0.1, -0.05) is 36.0 Å². The molecule has 4 aromatic rings. The second-order valence-corrected chi connectivity index (χ2v) is 8.86. The highest BCUT2D eigenvalue weighted by molar-refractivity contribution is 7.99. The van der Waals surface area contributed by atoms with E-state index in [0.717, 1.165) is 16.8 Å². The molecular weight excluding hydrogens is 430 g/mol. The molecule has 0 spiro atoms. The van der Waals surface area contributed by atoms with Crippen LogP contribution in [0.2, 0.25) is 0 Å². The van der Waals surface area contributed by atoms with Crippen molar-refractivity contribution in [3.8, 4) is 11.4 Å². The van der Waals surface area contributed by atoms with E-state index < -0.39 is 0 Å². The smallest absolute Gasteiger partial charge is 0.276 e. The summed E-state index contributed by atoms with van der Waals surface area (Å²) in [5.74, 6) is 0.494. The molecule has 1 amide bonds. The summed E-state index contributed by atoms with van der Waals surface area (Å²) in [4.78, 5) is 30.6. The van der Waals surface area contributed by atoms with Crippen LogP contribution in [0.3, 0.4) is 0 Å². The molecule has 1 N–H and O–H groups in total. The van der Waals surface area contributed by atoms with E-state index in [4.69, 9.17) is 4.74 Å². The Labute approximate surface area is 187 Å². The van der Waals surface area contributed by atoms with E-state index in [1.54, 1.807) is 11.7 Å². The predicted molar refractivity (Wildman–Crippen MR) is 127 cm³/mol. The molecule has 6 nitrogen and oxygen atoms in total. The van der Waals surface area contributed by atoms with Crippen LogP contribution in [0, 0.1) is 13.8 Å². The standard InChI is InChI=1S/C23H21N3O3S2/c1-14-8-9-19(29-3)17(12-14)24-20(27)13-31-23-25-16-10-11-30-21(16)22(28)26(23)18-7-5-4-6-15(18)2/h4-12H,13H2,1-3H3,(H,24,27). The molecule has 4 rings (SSSR count). The lowest BCUT2D eigenvalue weighted by molar-refractivity contribution is -0.113. The van der Waals surface area contributed by atoms with Crippen molar-refractivity contribution < 1.29 is 9.53 Å². The van der Waals surface area contributed by atoms with Gasteiger partial charge in [-0.15, -0.1) is 11.3 Å². The van der Waals surface area contributed by atoms with E-state index >= 15 is 0 Å². The Kier molecular flexibility index (Phi) is 6.11. The summed E-state index contributed by atoms with van der Waals surface area (Å²) in [6, 6.07) is 15.1. The maximum Gasteiger partial charge on any atom is 0.276 e. The second-order valence-electron chi connectivity index (χ2n) is 7.00. The fourth-order valence-electron chi connectivity index (χ4n) is 3.25. The number of carbonyl (C=O) groups excluding carboxylic acids is 1. The van der Waals surface area contributed by atoms with Crippen molar-refractivity contribution in [2.75, 3.05) is 18.2 Å². The number of ether oxygens (including phenoxy) is 1. The number of benzene rings is 2. The number of hydrogen-bond donors (Lipinski definition) is 1. The van der Waals surface area contributed by atoms with Gasteiger partial charge in [-0.05, 0) is 54.6 Å². The molecule has 2 aromatic carbocycles. The number of carbonyl (C=O) groups is 1. The Morgan fingerprint density at radius 3 is 2.77 bits per heavy atom. The fourth-order valence-corrected chi connectivity index (χ4v) is 4.82. The molecule has 0 radical (unpaired) electrons. The van der Waals surface area contributed by atoms with E-state index in [2.05, 4.69) is 10.3 Å². The van der Waals surface area contributed by atoms with Crippen molar-refractivity contribution in [3.63, 3.8) is 0 Å². The largest absolute Gasteiger partial charge is 0.495 e. The average molecular weight is 452 g/mol. The minimum Gasteiger partial charge on any atom is -0.495 e. The van der Waals surface area contributed by atoms with Crippen LogP contribution >= 0.6 is 23.1 Å². The van der Waals surface area contributed by atoms with Crippen molar-refractivity contribution in [1.29, 1.82) is 0 Å². The highest BCUT2D eigenvalue weighted by Crippen LogP contribution is 2.27. The maximum atomic E-state index is 13.2. The van der Waals surface area contributed by atoms with Gasteiger partial charge in [0.05, 0.1) is 29.8 Å². The molecule has 0 saturated carbocycles. The first-order valence-electron chi connectivity index (χ1n) is 9.61. The number of nitrogens with zero attached hydrogens (tertiary/aromatic N) is 2. The first kappa shape index (κ1) is 21.1. The molecule has 0 bridgehead atoms. The monoisotopic (exact) mass is 451 g/mol. The molecule has 31 heavy (non-hydrogen) atoms. The number of nitrogens with one attached hydrogen (secondary N) is 1. The number of thioether (sulfide) groups is 1. The third kappa shape index (κ3) is 4.35. The van der Waals surface area contributed by atoms with Gasteiger partial charge in [0.2, 0.25) is 5.91 Å². The van der Waals surface area contributed by atoms with Crippen LogP contribution in [0.5, 0.6) is 5.75 Å². The number of methoxy groups -OCH3 is 1. The summed E-state index contributed by atoms with van der Waals surface area (Å²) in [6.45, 7) is 3.90. The normalized spacial score (nSPS) is 10.9. The lowest BCUT2D eigenvalue weighted by atomic mass is 10.2. The van der Waals surface area contributed by atoms with Gasteiger partial charge in [0.15, 0.2) is 5.16 Å². The lowest BCUT2D eigenvalue weighted by Gasteiger charge is -2.14. The molecule has 0 aliphatic carbocycles. The Morgan fingerprint density at radius 1 is 1.19 bits per heavy atom. The van der Waals surface area contributed by atoms with E-state index in [9.17, 15) is 9.59 Å². The van der Waals surface area contributed by atoms with Crippen molar-refractivity contribution in [3.05, 3.63) is 75.4 Å². The first-order chi connectivity index (χ1) is 15.0. The maximum absolute atomic E-state index is 13.2. The Balaban J connectivity index is 1.65. The SMILES string of the molecule is COc1ccc(C)cc1NC(=O)CSc1nc2ccsc2c(=O)n1-c1ccccc1C. The fraction of sp³-hybridized carbons (Fsp3) is 0.174. The molecule has 0 unspecified atom stereocenters. The highest BCUT2D eigenvalue weighted by atomic mass is 32.2. The molecule has 8 heteroatoms. The summed E-state index contributed by atoms with van der Waals surface area (Å²) in [5, 5.41) is 5.23. The van der Waals surface area contributed by atoms with Gasteiger partial charge in [0.1, 0.15) is 10.4 Å². The van der Waals surface area contributed by atoms with Crippen molar-refractivity contribution >= 4 is 44.9 Å². The third-order valence-electron chi connectivity index (χ3n) is 4.77. The van der Waals surface area contributed by atoms with Gasteiger partial charge in [-0.2, -0.15) is 0 Å². The summed E-state index contributed by atoms with van der Waals surface area (Å²) < 4.78 is 7.53. The molecule has 2 heterocycles. The number of amides is 1. The zero-order valence-electron chi connectivity index (χ0n) is 17.3.